The molecule has 0 radical (unpaired) electrons. The minimum absolute atomic E-state index is 0.0598. The molecule has 1 amide bonds. The zero-order valence-electron chi connectivity index (χ0n) is 16.8. The maximum absolute atomic E-state index is 12.5. The van der Waals surface area contributed by atoms with E-state index in [9.17, 15) is 4.79 Å². The summed E-state index contributed by atoms with van der Waals surface area (Å²) in [5.74, 6) is 1.92. The highest BCUT2D eigenvalue weighted by Crippen LogP contribution is 2.25. The average Bonchev–Trinajstić information content (AvgIpc) is 3.29. The van der Waals surface area contributed by atoms with Gasteiger partial charge in [-0.1, -0.05) is 18.2 Å². The highest BCUT2D eigenvalue weighted by molar-refractivity contribution is 5.91. The Hall–Kier alpha value is -3.35. The van der Waals surface area contributed by atoms with Gasteiger partial charge >= 0.3 is 0 Å². The molecular weight excluding hydrogens is 366 g/mol. The molecule has 4 rings (SSSR count). The first-order chi connectivity index (χ1) is 14.2. The molecule has 0 aliphatic carbocycles. The third-order valence-electron chi connectivity index (χ3n) is 5.08. The molecule has 1 aliphatic rings. The van der Waals surface area contributed by atoms with Crippen LogP contribution < -0.4 is 9.80 Å². The number of benzene rings is 1. The van der Waals surface area contributed by atoms with Crippen LogP contribution >= 0.6 is 0 Å². The number of anilines is 3. The van der Waals surface area contributed by atoms with E-state index in [1.165, 1.54) is 6.26 Å². The largest absolute Gasteiger partial charge is 0.459 e. The first kappa shape index (κ1) is 19.0. The Bertz CT molecular complexity index is 951. The molecule has 3 aromatic rings. The van der Waals surface area contributed by atoms with Crippen molar-refractivity contribution in [2.24, 2.45) is 0 Å². The second kappa shape index (κ2) is 8.34. The molecule has 1 fully saturated rings. The first-order valence-electron chi connectivity index (χ1n) is 9.91. The number of furan rings is 1. The number of hydrogen-bond acceptors (Lipinski definition) is 6. The Morgan fingerprint density at radius 1 is 1.07 bits per heavy atom. The lowest BCUT2D eigenvalue weighted by Gasteiger charge is -2.35. The number of nitrogens with zero attached hydrogens (tertiary/aromatic N) is 5. The van der Waals surface area contributed by atoms with E-state index in [1.54, 1.807) is 12.1 Å². The van der Waals surface area contributed by atoms with Crippen molar-refractivity contribution < 1.29 is 9.21 Å². The minimum Gasteiger partial charge on any atom is -0.459 e. The number of hydrogen-bond donors (Lipinski definition) is 0. The van der Waals surface area contributed by atoms with Crippen molar-refractivity contribution in [2.75, 3.05) is 42.5 Å². The molecule has 7 nitrogen and oxygen atoms in total. The lowest BCUT2D eigenvalue weighted by atomic mass is 10.2. The number of rotatable bonds is 5. The van der Waals surface area contributed by atoms with E-state index in [0.717, 1.165) is 36.8 Å². The van der Waals surface area contributed by atoms with Gasteiger partial charge < -0.3 is 19.1 Å². The molecule has 1 aliphatic heterocycles. The number of carbonyl (C=O) groups is 1. The summed E-state index contributed by atoms with van der Waals surface area (Å²) in [6.07, 6.45) is 1.53. The average molecular weight is 391 g/mol. The van der Waals surface area contributed by atoms with Gasteiger partial charge in [0.2, 0.25) is 5.95 Å². The van der Waals surface area contributed by atoms with E-state index in [2.05, 4.69) is 33.8 Å². The Kier molecular flexibility index (Phi) is 5.46. The van der Waals surface area contributed by atoms with E-state index in [-0.39, 0.29) is 5.91 Å². The summed E-state index contributed by atoms with van der Waals surface area (Å²) in [5, 5.41) is 0. The Labute approximate surface area is 170 Å². The molecule has 3 heterocycles. The van der Waals surface area contributed by atoms with Crippen LogP contribution in [0.4, 0.5) is 17.5 Å². The van der Waals surface area contributed by atoms with E-state index in [0.29, 0.717) is 24.8 Å². The Morgan fingerprint density at radius 2 is 1.83 bits per heavy atom. The van der Waals surface area contributed by atoms with Crippen molar-refractivity contribution in [3.05, 3.63) is 66.2 Å². The monoisotopic (exact) mass is 391 g/mol. The topological polar surface area (TPSA) is 65.7 Å². The van der Waals surface area contributed by atoms with Crippen LogP contribution in [0, 0.1) is 6.92 Å². The molecule has 150 valence electrons. The number of piperazine rings is 1. The van der Waals surface area contributed by atoms with Gasteiger partial charge in [-0.05, 0) is 38.1 Å². The molecule has 0 N–H and O–H groups in total. The van der Waals surface area contributed by atoms with E-state index in [1.807, 2.05) is 36.1 Å². The standard InChI is InChI=1S/C22H25N5O2/c1-3-27(18-8-5-4-6-9-18)22-23-17(2)16-20(24-22)25-11-13-26(14-12-25)21(28)19-10-7-15-29-19/h4-10,15-16H,3,11-14H2,1-2H3. The maximum atomic E-state index is 12.5. The van der Waals surface area contributed by atoms with Gasteiger partial charge in [0.1, 0.15) is 5.82 Å². The van der Waals surface area contributed by atoms with Crippen molar-refractivity contribution in [1.82, 2.24) is 14.9 Å². The summed E-state index contributed by atoms with van der Waals surface area (Å²) < 4.78 is 5.24. The second-order valence-electron chi connectivity index (χ2n) is 7.00. The van der Waals surface area contributed by atoms with Crippen LogP contribution in [0.5, 0.6) is 0 Å². The first-order valence-corrected chi connectivity index (χ1v) is 9.91. The van der Waals surface area contributed by atoms with Crippen LogP contribution in [0.3, 0.4) is 0 Å². The van der Waals surface area contributed by atoms with Gasteiger partial charge in [0.15, 0.2) is 5.76 Å². The van der Waals surface area contributed by atoms with Crippen molar-refractivity contribution >= 4 is 23.4 Å². The Balaban J connectivity index is 1.50. The minimum atomic E-state index is -0.0598. The molecule has 29 heavy (non-hydrogen) atoms. The van der Waals surface area contributed by atoms with Gasteiger partial charge in [-0.3, -0.25) is 4.79 Å². The van der Waals surface area contributed by atoms with E-state index < -0.39 is 0 Å². The number of carbonyl (C=O) groups excluding carboxylic acids is 1. The summed E-state index contributed by atoms with van der Waals surface area (Å²) in [6.45, 7) is 7.57. The molecule has 1 aromatic carbocycles. The molecule has 0 atom stereocenters. The molecule has 7 heteroatoms. The van der Waals surface area contributed by atoms with Crippen molar-refractivity contribution in [2.45, 2.75) is 13.8 Å². The fourth-order valence-electron chi connectivity index (χ4n) is 3.56. The molecule has 0 unspecified atom stereocenters. The van der Waals surface area contributed by atoms with Gasteiger partial charge in [0.05, 0.1) is 6.26 Å². The van der Waals surface area contributed by atoms with Crippen molar-refractivity contribution in [1.29, 1.82) is 0 Å². The quantitative estimate of drug-likeness (QED) is 0.663. The van der Waals surface area contributed by atoms with Crippen molar-refractivity contribution in [3.63, 3.8) is 0 Å². The highest BCUT2D eigenvalue weighted by Gasteiger charge is 2.25. The normalized spacial score (nSPS) is 14.1. The molecule has 0 bridgehead atoms. The summed E-state index contributed by atoms with van der Waals surface area (Å²) in [5.41, 5.74) is 1.99. The van der Waals surface area contributed by atoms with Crippen LogP contribution in [0.15, 0.2) is 59.2 Å². The van der Waals surface area contributed by atoms with Gasteiger partial charge in [0, 0.05) is 50.2 Å². The SMILES string of the molecule is CCN(c1ccccc1)c1nc(C)cc(N2CCN(C(=O)c3ccco3)CC2)n1. The fraction of sp³-hybridized carbons (Fsp3) is 0.318. The number of amides is 1. The van der Waals surface area contributed by atoms with E-state index >= 15 is 0 Å². The van der Waals surface area contributed by atoms with Crippen molar-refractivity contribution in [3.8, 4) is 0 Å². The van der Waals surface area contributed by atoms with Gasteiger partial charge in [-0.25, -0.2) is 4.98 Å². The van der Waals surface area contributed by atoms with Gasteiger partial charge in [-0.15, -0.1) is 0 Å². The van der Waals surface area contributed by atoms with Crippen LogP contribution in [-0.4, -0.2) is 53.5 Å². The third kappa shape index (κ3) is 4.08. The molecule has 2 aromatic heterocycles. The van der Waals surface area contributed by atoms with E-state index in [4.69, 9.17) is 9.40 Å². The third-order valence-corrected chi connectivity index (χ3v) is 5.08. The predicted octanol–water partition coefficient (Wildman–Crippen LogP) is 3.50. The molecule has 0 spiro atoms. The lowest BCUT2D eigenvalue weighted by Crippen LogP contribution is -2.49. The van der Waals surface area contributed by atoms with Crippen LogP contribution in [0.1, 0.15) is 23.2 Å². The predicted molar refractivity (Wildman–Crippen MR) is 113 cm³/mol. The summed E-state index contributed by atoms with van der Waals surface area (Å²) >= 11 is 0. The zero-order chi connectivity index (χ0) is 20.2. The summed E-state index contributed by atoms with van der Waals surface area (Å²) in [7, 11) is 0. The fourth-order valence-corrected chi connectivity index (χ4v) is 3.56. The van der Waals surface area contributed by atoms with Crippen LogP contribution in [0.25, 0.3) is 0 Å². The molecular formula is C22H25N5O2. The van der Waals surface area contributed by atoms with Crippen LogP contribution in [0.2, 0.25) is 0 Å². The number of aryl methyl sites for hydroxylation is 1. The number of aromatic nitrogens is 2. The van der Waals surface area contributed by atoms with Crippen LogP contribution in [-0.2, 0) is 0 Å². The van der Waals surface area contributed by atoms with Gasteiger partial charge in [-0.2, -0.15) is 4.98 Å². The number of para-hydroxylation sites is 1. The highest BCUT2D eigenvalue weighted by atomic mass is 16.3. The maximum Gasteiger partial charge on any atom is 0.289 e. The lowest BCUT2D eigenvalue weighted by molar-refractivity contribution is 0.0714. The van der Waals surface area contributed by atoms with Gasteiger partial charge in [0.25, 0.3) is 5.91 Å². The second-order valence-corrected chi connectivity index (χ2v) is 7.00. The Morgan fingerprint density at radius 3 is 2.48 bits per heavy atom. The summed E-state index contributed by atoms with van der Waals surface area (Å²) in [4.78, 5) is 28.1. The zero-order valence-corrected chi connectivity index (χ0v) is 16.8. The molecule has 0 saturated carbocycles. The summed E-state index contributed by atoms with van der Waals surface area (Å²) in [6, 6.07) is 15.6. The smallest absolute Gasteiger partial charge is 0.289 e. The molecule has 1 saturated heterocycles.